The van der Waals surface area contributed by atoms with Gasteiger partial charge in [0.15, 0.2) is 0 Å². The van der Waals surface area contributed by atoms with Crippen LogP contribution < -0.4 is 9.47 Å². The highest BCUT2D eigenvalue weighted by Gasteiger charge is 2.10. The van der Waals surface area contributed by atoms with E-state index in [-0.39, 0.29) is 12.1 Å². The number of esters is 2. The lowest BCUT2D eigenvalue weighted by molar-refractivity contribution is -0.142. The fourth-order valence-corrected chi connectivity index (χ4v) is 3.41. The van der Waals surface area contributed by atoms with Crippen LogP contribution in [0, 0.1) is 0 Å². The Labute approximate surface area is 201 Å². The highest BCUT2D eigenvalue weighted by Crippen LogP contribution is 2.23. The lowest BCUT2D eigenvalue weighted by Gasteiger charge is -2.11. The molecule has 0 spiro atoms. The summed E-state index contributed by atoms with van der Waals surface area (Å²) in [6.45, 7) is 5.85. The predicted octanol–water partition coefficient (Wildman–Crippen LogP) is 6.63. The molecule has 0 saturated heterocycles. The summed E-state index contributed by atoms with van der Waals surface area (Å²) in [4.78, 5) is 23.6. The first-order valence-corrected chi connectivity index (χ1v) is 11.5. The minimum atomic E-state index is -0.412. The van der Waals surface area contributed by atoms with E-state index in [2.05, 4.69) is 6.58 Å². The largest absolute Gasteiger partial charge is 0.494 e. The zero-order valence-corrected chi connectivity index (χ0v) is 19.4. The van der Waals surface area contributed by atoms with Crippen molar-refractivity contribution in [1.82, 2.24) is 0 Å². The third kappa shape index (κ3) is 7.93. The van der Waals surface area contributed by atoms with Gasteiger partial charge in [-0.25, -0.2) is 9.59 Å². The number of unbranched alkanes of at least 4 members (excludes halogenated alkanes) is 2. The van der Waals surface area contributed by atoms with Gasteiger partial charge in [0.2, 0.25) is 0 Å². The molecule has 3 rings (SSSR count). The van der Waals surface area contributed by atoms with E-state index in [9.17, 15) is 9.59 Å². The van der Waals surface area contributed by atoms with E-state index in [1.807, 2.05) is 49.4 Å². The SMILES string of the molecule is C=CC(=O)OC(C)CCCCCOc1ccc(C(=O)Oc2ccc(-c3ccccc3)cc2)cc1. The summed E-state index contributed by atoms with van der Waals surface area (Å²) >= 11 is 0. The average Bonchev–Trinajstić information content (AvgIpc) is 2.87. The summed E-state index contributed by atoms with van der Waals surface area (Å²) in [6, 6.07) is 24.4. The van der Waals surface area contributed by atoms with Crippen LogP contribution >= 0.6 is 0 Å². The van der Waals surface area contributed by atoms with Crippen LogP contribution in [0.1, 0.15) is 43.0 Å². The van der Waals surface area contributed by atoms with Gasteiger partial charge < -0.3 is 14.2 Å². The van der Waals surface area contributed by atoms with Crippen molar-refractivity contribution in [3.63, 3.8) is 0 Å². The molecule has 0 heterocycles. The Hall–Kier alpha value is -3.86. The Morgan fingerprint density at radius 3 is 2.15 bits per heavy atom. The van der Waals surface area contributed by atoms with E-state index < -0.39 is 5.97 Å². The Kier molecular flexibility index (Phi) is 9.47. The zero-order valence-electron chi connectivity index (χ0n) is 19.4. The maximum Gasteiger partial charge on any atom is 0.343 e. The maximum atomic E-state index is 12.5. The molecule has 0 fully saturated rings. The summed E-state index contributed by atoms with van der Waals surface area (Å²) < 4.78 is 16.4. The Balaban J connectivity index is 1.38. The van der Waals surface area contributed by atoms with E-state index in [1.165, 1.54) is 6.08 Å². The van der Waals surface area contributed by atoms with Crippen molar-refractivity contribution in [2.75, 3.05) is 6.61 Å². The third-order valence-corrected chi connectivity index (χ3v) is 5.27. The van der Waals surface area contributed by atoms with Crippen LogP contribution in [-0.4, -0.2) is 24.6 Å². The molecular formula is C29H30O5. The quantitative estimate of drug-likeness (QED) is 0.132. The number of ether oxygens (including phenoxy) is 3. The van der Waals surface area contributed by atoms with Gasteiger partial charge in [0.25, 0.3) is 0 Å². The van der Waals surface area contributed by atoms with Crippen molar-refractivity contribution in [2.24, 2.45) is 0 Å². The highest BCUT2D eigenvalue weighted by molar-refractivity contribution is 5.91. The zero-order chi connectivity index (χ0) is 24.2. The molecule has 34 heavy (non-hydrogen) atoms. The summed E-state index contributed by atoms with van der Waals surface area (Å²) in [5.74, 6) is 0.407. The lowest BCUT2D eigenvalue weighted by Crippen LogP contribution is -2.12. The molecule has 3 aromatic carbocycles. The molecular weight excluding hydrogens is 428 g/mol. The summed E-state index contributed by atoms with van der Waals surface area (Å²) in [5.41, 5.74) is 2.63. The summed E-state index contributed by atoms with van der Waals surface area (Å²) in [7, 11) is 0. The first-order valence-electron chi connectivity index (χ1n) is 11.5. The molecule has 0 aliphatic rings. The van der Waals surface area contributed by atoms with Crippen LogP contribution in [0.4, 0.5) is 0 Å². The molecule has 0 N–H and O–H groups in total. The van der Waals surface area contributed by atoms with Gasteiger partial charge in [-0.1, -0.05) is 49.0 Å². The molecule has 0 aliphatic carbocycles. The summed E-state index contributed by atoms with van der Waals surface area (Å²) in [5, 5.41) is 0. The average molecular weight is 459 g/mol. The normalized spacial score (nSPS) is 11.3. The molecule has 0 bridgehead atoms. The first-order chi connectivity index (χ1) is 16.5. The monoisotopic (exact) mass is 458 g/mol. The highest BCUT2D eigenvalue weighted by atomic mass is 16.5. The van der Waals surface area contributed by atoms with Crippen molar-refractivity contribution in [3.05, 3.63) is 97.1 Å². The maximum absolute atomic E-state index is 12.5. The minimum Gasteiger partial charge on any atom is -0.494 e. The second kappa shape index (κ2) is 13.0. The number of benzene rings is 3. The number of rotatable bonds is 12. The van der Waals surface area contributed by atoms with Gasteiger partial charge in [0.1, 0.15) is 11.5 Å². The van der Waals surface area contributed by atoms with Gasteiger partial charge in [0.05, 0.1) is 18.3 Å². The fourth-order valence-electron chi connectivity index (χ4n) is 3.41. The van der Waals surface area contributed by atoms with E-state index in [1.54, 1.807) is 36.4 Å². The molecule has 3 aromatic rings. The molecule has 5 nitrogen and oxygen atoms in total. The molecule has 1 unspecified atom stereocenters. The predicted molar refractivity (Wildman–Crippen MR) is 133 cm³/mol. The van der Waals surface area contributed by atoms with E-state index in [4.69, 9.17) is 14.2 Å². The van der Waals surface area contributed by atoms with Crippen LogP contribution in [-0.2, 0) is 9.53 Å². The van der Waals surface area contributed by atoms with E-state index in [0.717, 1.165) is 36.8 Å². The van der Waals surface area contributed by atoms with Gasteiger partial charge in [-0.3, -0.25) is 0 Å². The van der Waals surface area contributed by atoms with Crippen LogP contribution in [0.3, 0.4) is 0 Å². The van der Waals surface area contributed by atoms with Gasteiger partial charge in [-0.15, -0.1) is 0 Å². The second-order valence-electron chi connectivity index (χ2n) is 7.95. The van der Waals surface area contributed by atoms with Crippen LogP contribution in [0.5, 0.6) is 11.5 Å². The fraction of sp³-hybridized carbons (Fsp3) is 0.241. The molecule has 176 valence electrons. The molecule has 0 aromatic heterocycles. The van der Waals surface area contributed by atoms with E-state index in [0.29, 0.717) is 23.7 Å². The number of carbonyl (C=O) groups is 2. The second-order valence-corrected chi connectivity index (χ2v) is 7.95. The van der Waals surface area contributed by atoms with Gasteiger partial charge in [0, 0.05) is 6.08 Å². The van der Waals surface area contributed by atoms with Crippen molar-refractivity contribution >= 4 is 11.9 Å². The minimum absolute atomic E-state index is 0.111. The van der Waals surface area contributed by atoms with Crippen molar-refractivity contribution in [2.45, 2.75) is 38.7 Å². The van der Waals surface area contributed by atoms with Crippen LogP contribution in [0.25, 0.3) is 11.1 Å². The van der Waals surface area contributed by atoms with Crippen LogP contribution in [0.15, 0.2) is 91.5 Å². The Morgan fingerprint density at radius 2 is 1.47 bits per heavy atom. The van der Waals surface area contributed by atoms with Crippen molar-refractivity contribution in [3.8, 4) is 22.6 Å². The molecule has 0 amide bonds. The van der Waals surface area contributed by atoms with Crippen molar-refractivity contribution in [1.29, 1.82) is 0 Å². The van der Waals surface area contributed by atoms with Gasteiger partial charge in [-0.2, -0.15) is 0 Å². The third-order valence-electron chi connectivity index (χ3n) is 5.27. The smallest absolute Gasteiger partial charge is 0.343 e. The Bertz CT molecular complexity index is 1060. The standard InChI is InChI=1S/C29H30O5/c1-3-28(30)33-22(2)10-6-5-9-21-32-26-17-15-25(16-18-26)29(31)34-27-19-13-24(14-20-27)23-11-7-4-8-12-23/h3-4,7-8,11-20,22H,1,5-6,9-10,21H2,2H3. The molecule has 5 heteroatoms. The number of hydrogen-bond donors (Lipinski definition) is 0. The molecule has 1 atom stereocenters. The summed E-state index contributed by atoms with van der Waals surface area (Å²) in [6.07, 6.45) is 4.70. The van der Waals surface area contributed by atoms with Gasteiger partial charge in [-0.05, 0) is 80.1 Å². The van der Waals surface area contributed by atoms with E-state index >= 15 is 0 Å². The lowest BCUT2D eigenvalue weighted by atomic mass is 10.1. The Morgan fingerprint density at radius 1 is 0.824 bits per heavy atom. The van der Waals surface area contributed by atoms with Gasteiger partial charge >= 0.3 is 11.9 Å². The molecule has 0 radical (unpaired) electrons. The first kappa shape index (κ1) is 24.8. The van der Waals surface area contributed by atoms with Crippen LogP contribution in [0.2, 0.25) is 0 Å². The topological polar surface area (TPSA) is 61.8 Å². The van der Waals surface area contributed by atoms with Crippen molar-refractivity contribution < 1.29 is 23.8 Å². The number of carbonyl (C=O) groups excluding carboxylic acids is 2. The number of hydrogen-bond acceptors (Lipinski definition) is 5. The molecule has 0 aliphatic heterocycles. The molecule has 0 saturated carbocycles.